The van der Waals surface area contributed by atoms with Gasteiger partial charge in [0, 0.05) is 35.5 Å². The van der Waals surface area contributed by atoms with Crippen LogP contribution in [-0.2, 0) is 16.1 Å². The van der Waals surface area contributed by atoms with Crippen molar-refractivity contribution in [3.8, 4) is 11.3 Å². The second-order valence-corrected chi connectivity index (χ2v) is 11.4. The topological polar surface area (TPSA) is 64.8 Å². The lowest BCUT2D eigenvalue weighted by atomic mass is 9.95. The number of hydrogen-bond acceptors (Lipinski definition) is 5. The molecule has 1 aliphatic heterocycles. The van der Waals surface area contributed by atoms with Gasteiger partial charge in [0.2, 0.25) is 0 Å². The number of halogens is 2. The van der Waals surface area contributed by atoms with E-state index in [1.807, 2.05) is 43.9 Å². The van der Waals surface area contributed by atoms with Gasteiger partial charge in [0.15, 0.2) is 0 Å². The molecule has 2 unspecified atom stereocenters. The third-order valence-corrected chi connectivity index (χ3v) is 7.40. The predicted molar refractivity (Wildman–Crippen MR) is 127 cm³/mol. The summed E-state index contributed by atoms with van der Waals surface area (Å²) in [6.07, 6.45) is 5.00. The Bertz CT molecular complexity index is 1040. The molecule has 0 N–H and O–H groups in total. The standard InChI is InChI=1S/C25H30Cl2N2O4/c1-24(2,3)32-23(30)29-11-5-10-25(14-29)12-19(25)31-13-16-21(28-33-22(16)15-8-9-15)20-17(26)6-4-7-18(20)27/h4,6-7,15,19H,5,8-14H2,1-3H3. The van der Waals surface area contributed by atoms with Crippen LogP contribution in [0.15, 0.2) is 22.7 Å². The van der Waals surface area contributed by atoms with E-state index in [4.69, 9.17) is 37.2 Å². The summed E-state index contributed by atoms with van der Waals surface area (Å²) in [5.74, 6) is 1.27. The average Bonchev–Trinajstić information content (AvgIpc) is 3.65. The van der Waals surface area contributed by atoms with Crippen LogP contribution in [0, 0.1) is 5.41 Å². The number of carbonyl (C=O) groups is 1. The molecule has 8 heteroatoms. The van der Waals surface area contributed by atoms with Gasteiger partial charge < -0.3 is 18.9 Å². The Hall–Kier alpha value is -1.76. The second-order valence-electron chi connectivity index (χ2n) is 10.6. The molecule has 0 bridgehead atoms. The van der Waals surface area contributed by atoms with Gasteiger partial charge in [0.25, 0.3) is 0 Å². The van der Waals surface area contributed by atoms with E-state index in [2.05, 4.69) is 5.16 Å². The third kappa shape index (κ3) is 4.75. The van der Waals surface area contributed by atoms with Crippen molar-refractivity contribution >= 4 is 29.3 Å². The maximum absolute atomic E-state index is 12.6. The first kappa shape index (κ1) is 23.0. The van der Waals surface area contributed by atoms with Crippen molar-refractivity contribution in [2.75, 3.05) is 13.1 Å². The van der Waals surface area contributed by atoms with Crippen LogP contribution in [0.5, 0.6) is 0 Å². The van der Waals surface area contributed by atoms with Crippen LogP contribution in [0.25, 0.3) is 11.3 Å². The van der Waals surface area contributed by atoms with Gasteiger partial charge >= 0.3 is 6.09 Å². The average molecular weight is 493 g/mol. The smallest absolute Gasteiger partial charge is 0.410 e. The molecule has 5 rings (SSSR count). The molecule has 2 saturated carbocycles. The Morgan fingerprint density at radius 1 is 1.27 bits per heavy atom. The molecule has 178 valence electrons. The van der Waals surface area contributed by atoms with Crippen LogP contribution in [0.1, 0.15) is 70.1 Å². The highest BCUT2D eigenvalue weighted by Crippen LogP contribution is 2.55. The zero-order valence-electron chi connectivity index (χ0n) is 19.3. The number of ether oxygens (including phenoxy) is 2. The van der Waals surface area contributed by atoms with Crippen molar-refractivity contribution in [1.29, 1.82) is 0 Å². The van der Waals surface area contributed by atoms with Crippen molar-refractivity contribution in [1.82, 2.24) is 10.1 Å². The molecule has 2 atom stereocenters. The lowest BCUT2D eigenvalue weighted by Crippen LogP contribution is -2.44. The number of amides is 1. The molecule has 2 heterocycles. The first-order valence-electron chi connectivity index (χ1n) is 11.7. The van der Waals surface area contributed by atoms with E-state index in [1.54, 1.807) is 0 Å². The number of piperidine rings is 1. The Balaban J connectivity index is 1.30. The Labute approximate surface area is 204 Å². The predicted octanol–water partition coefficient (Wildman–Crippen LogP) is 6.83. The molecule has 3 fully saturated rings. The highest BCUT2D eigenvalue weighted by Gasteiger charge is 2.57. The van der Waals surface area contributed by atoms with Crippen molar-refractivity contribution in [3.63, 3.8) is 0 Å². The summed E-state index contributed by atoms with van der Waals surface area (Å²) in [7, 11) is 0. The van der Waals surface area contributed by atoms with Gasteiger partial charge in [-0.2, -0.15) is 0 Å². The Morgan fingerprint density at radius 2 is 2.00 bits per heavy atom. The summed E-state index contributed by atoms with van der Waals surface area (Å²) < 4.78 is 17.8. The molecule has 33 heavy (non-hydrogen) atoms. The zero-order chi connectivity index (χ0) is 23.4. The molecule has 0 radical (unpaired) electrons. The summed E-state index contributed by atoms with van der Waals surface area (Å²) in [5.41, 5.74) is 1.81. The lowest BCUT2D eigenvalue weighted by Gasteiger charge is -2.34. The Morgan fingerprint density at radius 3 is 2.67 bits per heavy atom. The SMILES string of the molecule is CC(C)(C)OC(=O)N1CCCC2(CC2OCc2c(-c3c(Cl)cccc3Cl)noc2C2CC2)C1. The minimum Gasteiger partial charge on any atom is -0.444 e. The molecular weight excluding hydrogens is 463 g/mol. The minimum atomic E-state index is -0.495. The first-order valence-corrected chi connectivity index (χ1v) is 12.4. The molecule has 3 aliphatic rings. The van der Waals surface area contributed by atoms with Crippen molar-refractivity contribution in [2.24, 2.45) is 5.41 Å². The number of likely N-dealkylation sites (tertiary alicyclic amines) is 1. The van der Waals surface area contributed by atoms with Crippen molar-refractivity contribution < 1.29 is 18.8 Å². The number of benzene rings is 1. The normalized spacial score (nSPS) is 24.9. The fourth-order valence-electron chi connectivity index (χ4n) is 4.85. The zero-order valence-corrected chi connectivity index (χ0v) is 20.8. The van der Waals surface area contributed by atoms with Crippen LogP contribution in [0.2, 0.25) is 10.0 Å². The van der Waals surface area contributed by atoms with E-state index in [0.29, 0.717) is 40.4 Å². The van der Waals surface area contributed by atoms with Gasteiger partial charge in [0.1, 0.15) is 17.1 Å². The second kappa shape index (κ2) is 8.47. The largest absolute Gasteiger partial charge is 0.444 e. The van der Waals surface area contributed by atoms with Gasteiger partial charge in [0.05, 0.1) is 22.8 Å². The van der Waals surface area contributed by atoms with Crippen LogP contribution < -0.4 is 0 Å². The van der Waals surface area contributed by atoms with Crippen LogP contribution in [0.4, 0.5) is 4.79 Å². The fourth-order valence-corrected chi connectivity index (χ4v) is 5.43. The molecule has 1 spiro atoms. The van der Waals surface area contributed by atoms with Gasteiger partial charge in [-0.3, -0.25) is 0 Å². The van der Waals surface area contributed by atoms with E-state index in [-0.39, 0.29) is 17.6 Å². The number of nitrogens with zero attached hydrogens (tertiary/aromatic N) is 2. The van der Waals surface area contributed by atoms with Crippen LogP contribution in [-0.4, -0.2) is 40.9 Å². The molecule has 1 aromatic heterocycles. The molecule has 2 aliphatic carbocycles. The lowest BCUT2D eigenvalue weighted by molar-refractivity contribution is 0.00492. The van der Waals surface area contributed by atoms with E-state index in [9.17, 15) is 4.79 Å². The molecular formula is C25H30Cl2N2O4. The molecule has 6 nitrogen and oxygen atoms in total. The van der Waals surface area contributed by atoms with Gasteiger partial charge in [-0.15, -0.1) is 0 Å². The molecule has 1 amide bonds. The van der Waals surface area contributed by atoms with E-state index >= 15 is 0 Å². The minimum absolute atomic E-state index is 0.00820. The summed E-state index contributed by atoms with van der Waals surface area (Å²) in [6.45, 7) is 7.49. The summed E-state index contributed by atoms with van der Waals surface area (Å²) >= 11 is 12.9. The van der Waals surface area contributed by atoms with Crippen molar-refractivity contribution in [3.05, 3.63) is 39.6 Å². The highest BCUT2D eigenvalue weighted by atomic mass is 35.5. The number of carbonyl (C=O) groups excluding carboxylic acids is 1. The molecule has 2 aromatic rings. The highest BCUT2D eigenvalue weighted by molar-refractivity contribution is 6.39. The van der Waals surface area contributed by atoms with Gasteiger partial charge in [-0.25, -0.2) is 4.79 Å². The van der Waals surface area contributed by atoms with E-state index in [1.165, 1.54) is 0 Å². The quantitative estimate of drug-likeness (QED) is 0.457. The molecule has 1 saturated heterocycles. The summed E-state index contributed by atoms with van der Waals surface area (Å²) in [4.78, 5) is 14.4. The number of hydrogen-bond donors (Lipinski definition) is 0. The van der Waals surface area contributed by atoms with E-state index in [0.717, 1.165) is 50.0 Å². The van der Waals surface area contributed by atoms with Gasteiger partial charge in [-0.1, -0.05) is 34.4 Å². The van der Waals surface area contributed by atoms with Crippen LogP contribution in [0.3, 0.4) is 0 Å². The summed E-state index contributed by atoms with van der Waals surface area (Å²) in [5, 5.41) is 5.44. The Kier molecular flexibility index (Phi) is 5.91. The maximum Gasteiger partial charge on any atom is 0.410 e. The van der Waals surface area contributed by atoms with Gasteiger partial charge in [-0.05, 0) is 65.0 Å². The monoisotopic (exact) mass is 492 g/mol. The number of rotatable bonds is 5. The summed E-state index contributed by atoms with van der Waals surface area (Å²) in [6, 6.07) is 5.43. The fraction of sp³-hybridized carbons (Fsp3) is 0.600. The first-order chi connectivity index (χ1) is 15.7. The molecule has 1 aromatic carbocycles. The third-order valence-electron chi connectivity index (χ3n) is 6.77. The maximum atomic E-state index is 12.6. The number of aromatic nitrogens is 1. The van der Waals surface area contributed by atoms with Crippen molar-refractivity contribution in [2.45, 2.75) is 77.1 Å². The van der Waals surface area contributed by atoms with Crippen LogP contribution >= 0.6 is 23.2 Å². The van der Waals surface area contributed by atoms with E-state index < -0.39 is 5.60 Å².